The van der Waals surface area contributed by atoms with Crippen LogP contribution >= 0.6 is 22.6 Å². The molecule has 1 aliphatic rings. The number of aryl methyl sites for hydroxylation is 1. The molecule has 2 rings (SSSR count). The third kappa shape index (κ3) is 2.39. The second-order valence-corrected chi connectivity index (χ2v) is 5.69. The van der Waals surface area contributed by atoms with Crippen molar-refractivity contribution in [3.8, 4) is 0 Å². The van der Waals surface area contributed by atoms with Crippen LogP contribution in [-0.2, 0) is 4.79 Å². The molecular weight excluding hydrogens is 325 g/mol. The van der Waals surface area contributed by atoms with Crippen LogP contribution in [-0.4, -0.2) is 21.3 Å². The first kappa shape index (κ1) is 12.6. The SMILES string of the molecule is CCN1C(=O)C(I)CC=C1c1ccccc1C. The highest BCUT2D eigenvalue weighted by Crippen LogP contribution is 2.30. The molecule has 1 heterocycles. The van der Waals surface area contributed by atoms with Crippen molar-refractivity contribution in [1.82, 2.24) is 4.90 Å². The van der Waals surface area contributed by atoms with Gasteiger partial charge in [-0.15, -0.1) is 0 Å². The van der Waals surface area contributed by atoms with Gasteiger partial charge in [0.15, 0.2) is 0 Å². The van der Waals surface area contributed by atoms with E-state index in [9.17, 15) is 4.79 Å². The summed E-state index contributed by atoms with van der Waals surface area (Å²) in [5.74, 6) is 0.230. The van der Waals surface area contributed by atoms with Gasteiger partial charge in [0.05, 0.1) is 3.92 Å². The molecule has 0 saturated heterocycles. The van der Waals surface area contributed by atoms with Gasteiger partial charge in [-0.25, -0.2) is 0 Å². The van der Waals surface area contributed by atoms with E-state index in [1.807, 2.05) is 24.0 Å². The van der Waals surface area contributed by atoms with Crippen LogP contribution in [0, 0.1) is 6.92 Å². The van der Waals surface area contributed by atoms with Gasteiger partial charge in [0.25, 0.3) is 0 Å². The van der Waals surface area contributed by atoms with Crippen molar-refractivity contribution in [2.24, 2.45) is 0 Å². The summed E-state index contributed by atoms with van der Waals surface area (Å²) >= 11 is 2.22. The maximum Gasteiger partial charge on any atom is 0.240 e. The summed E-state index contributed by atoms with van der Waals surface area (Å²) in [5.41, 5.74) is 3.46. The van der Waals surface area contributed by atoms with Crippen molar-refractivity contribution in [1.29, 1.82) is 0 Å². The van der Waals surface area contributed by atoms with E-state index in [2.05, 4.69) is 47.7 Å². The molecule has 1 aliphatic heterocycles. The number of carbonyl (C=O) groups is 1. The molecule has 0 fully saturated rings. The maximum atomic E-state index is 12.1. The Morgan fingerprint density at radius 3 is 2.76 bits per heavy atom. The lowest BCUT2D eigenvalue weighted by atomic mass is 10.0. The normalized spacial score (nSPS) is 20.4. The number of carbonyl (C=O) groups excluding carboxylic acids is 1. The van der Waals surface area contributed by atoms with E-state index in [4.69, 9.17) is 0 Å². The number of benzene rings is 1. The van der Waals surface area contributed by atoms with E-state index < -0.39 is 0 Å². The fourth-order valence-electron chi connectivity index (χ4n) is 2.16. The predicted molar refractivity (Wildman–Crippen MR) is 79.0 cm³/mol. The van der Waals surface area contributed by atoms with Gasteiger partial charge >= 0.3 is 0 Å². The Labute approximate surface area is 116 Å². The molecule has 0 saturated carbocycles. The van der Waals surface area contributed by atoms with Crippen molar-refractivity contribution in [2.75, 3.05) is 6.54 Å². The molecular formula is C14H16INO. The second kappa shape index (κ2) is 5.21. The first-order valence-corrected chi connectivity index (χ1v) is 7.11. The minimum atomic E-state index is 0.0836. The summed E-state index contributed by atoms with van der Waals surface area (Å²) < 4.78 is 0.0836. The Kier molecular flexibility index (Phi) is 3.86. The van der Waals surface area contributed by atoms with Crippen LogP contribution in [0.15, 0.2) is 30.3 Å². The molecule has 17 heavy (non-hydrogen) atoms. The number of alkyl halides is 1. The standard InChI is InChI=1S/C14H16INO/c1-3-16-13(9-8-12(15)14(16)17)11-7-5-4-6-10(11)2/h4-7,9,12H,3,8H2,1-2H3. The largest absolute Gasteiger partial charge is 0.311 e. The molecule has 2 nitrogen and oxygen atoms in total. The fourth-order valence-corrected chi connectivity index (χ4v) is 2.75. The van der Waals surface area contributed by atoms with Crippen molar-refractivity contribution < 1.29 is 4.79 Å². The highest BCUT2D eigenvalue weighted by Gasteiger charge is 2.28. The Balaban J connectivity index is 2.44. The van der Waals surface area contributed by atoms with Crippen LogP contribution in [0.25, 0.3) is 5.70 Å². The number of allylic oxidation sites excluding steroid dienone is 1. The quantitative estimate of drug-likeness (QED) is 0.597. The predicted octanol–water partition coefficient (Wildman–Crippen LogP) is 3.39. The van der Waals surface area contributed by atoms with Gasteiger partial charge < -0.3 is 4.90 Å². The Bertz CT molecular complexity index is 467. The average molecular weight is 341 g/mol. The minimum absolute atomic E-state index is 0.0836. The van der Waals surface area contributed by atoms with Gasteiger partial charge in [-0.05, 0) is 25.8 Å². The summed E-state index contributed by atoms with van der Waals surface area (Å²) in [6.45, 7) is 4.85. The monoisotopic (exact) mass is 341 g/mol. The Morgan fingerprint density at radius 2 is 2.12 bits per heavy atom. The molecule has 0 aliphatic carbocycles. The molecule has 1 unspecified atom stereocenters. The number of rotatable bonds is 2. The zero-order chi connectivity index (χ0) is 12.4. The number of hydrogen-bond donors (Lipinski definition) is 0. The van der Waals surface area contributed by atoms with E-state index in [0.717, 1.165) is 18.7 Å². The number of halogens is 1. The molecule has 1 aromatic carbocycles. The zero-order valence-corrected chi connectivity index (χ0v) is 12.3. The van der Waals surface area contributed by atoms with Gasteiger partial charge in [-0.3, -0.25) is 4.79 Å². The lowest BCUT2D eigenvalue weighted by molar-refractivity contribution is -0.127. The molecule has 0 bridgehead atoms. The van der Waals surface area contributed by atoms with E-state index in [1.54, 1.807) is 0 Å². The van der Waals surface area contributed by atoms with Gasteiger partial charge in [-0.2, -0.15) is 0 Å². The smallest absolute Gasteiger partial charge is 0.240 e. The van der Waals surface area contributed by atoms with Crippen molar-refractivity contribution >= 4 is 34.2 Å². The lowest BCUT2D eigenvalue weighted by Crippen LogP contribution is -2.38. The fraction of sp³-hybridized carbons (Fsp3) is 0.357. The van der Waals surface area contributed by atoms with E-state index in [1.165, 1.54) is 11.1 Å². The minimum Gasteiger partial charge on any atom is -0.311 e. The number of nitrogens with zero attached hydrogens (tertiary/aromatic N) is 1. The number of hydrogen-bond acceptors (Lipinski definition) is 1. The summed E-state index contributed by atoms with van der Waals surface area (Å²) in [6, 6.07) is 8.23. The molecule has 1 atom stereocenters. The summed E-state index contributed by atoms with van der Waals surface area (Å²) in [7, 11) is 0. The number of amides is 1. The summed E-state index contributed by atoms with van der Waals surface area (Å²) in [5, 5.41) is 0. The maximum absolute atomic E-state index is 12.1. The van der Waals surface area contributed by atoms with Gasteiger partial charge in [0, 0.05) is 17.8 Å². The van der Waals surface area contributed by atoms with Crippen LogP contribution < -0.4 is 0 Å². The highest BCUT2D eigenvalue weighted by atomic mass is 127. The highest BCUT2D eigenvalue weighted by molar-refractivity contribution is 14.1. The summed E-state index contributed by atoms with van der Waals surface area (Å²) in [6.07, 6.45) is 3.02. The van der Waals surface area contributed by atoms with Crippen LogP contribution in [0.5, 0.6) is 0 Å². The molecule has 0 spiro atoms. The van der Waals surface area contributed by atoms with Gasteiger partial charge in [0.2, 0.25) is 5.91 Å². The average Bonchev–Trinajstić information content (AvgIpc) is 2.33. The first-order valence-electron chi connectivity index (χ1n) is 5.86. The summed E-state index contributed by atoms with van der Waals surface area (Å²) in [4.78, 5) is 14.0. The van der Waals surface area contributed by atoms with Crippen LogP contribution in [0.4, 0.5) is 0 Å². The Hall–Kier alpha value is -0.840. The molecule has 0 N–H and O–H groups in total. The van der Waals surface area contributed by atoms with E-state index >= 15 is 0 Å². The molecule has 90 valence electrons. The second-order valence-electron chi connectivity index (χ2n) is 4.19. The lowest BCUT2D eigenvalue weighted by Gasteiger charge is -2.31. The van der Waals surface area contributed by atoms with Crippen LogP contribution in [0.1, 0.15) is 24.5 Å². The molecule has 1 aromatic rings. The van der Waals surface area contributed by atoms with Gasteiger partial charge in [0.1, 0.15) is 0 Å². The van der Waals surface area contributed by atoms with E-state index in [0.29, 0.717) is 0 Å². The topological polar surface area (TPSA) is 20.3 Å². The van der Waals surface area contributed by atoms with Crippen LogP contribution in [0.3, 0.4) is 0 Å². The van der Waals surface area contributed by atoms with Crippen molar-refractivity contribution in [3.63, 3.8) is 0 Å². The molecule has 3 heteroatoms. The third-order valence-corrected chi connectivity index (χ3v) is 4.12. The van der Waals surface area contributed by atoms with Crippen molar-refractivity contribution in [2.45, 2.75) is 24.2 Å². The first-order chi connectivity index (χ1) is 8.15. The molecule has 0 aromatic heterocycles. The zero-order valence-electron chi connectivity index (χ0n) is 10.1. The van der Waals surface area contributed by atoms with Crippen LogP contribution in [0.2, 0.25) is 0 Å². The Morgan fingerprint density at radius 1 is 1.41 bits per heavy atom. The third-order valence-electron chi connectivity index (χ3n) is 3.08. The van der Waals surface area contributed by atoms with E-state index in [-0.39, 0.29) is 9.83 Å². The van der Waals surface area contributed by atoms with Gasteiger partial charge in [-0.1, -0.05) is 52.9 Å². The van der Waals surface area contributed by atoms with Crippen molar-refractivity contribution in [3.05, 3.63) is 41.5 Å². The molecule has 0 radical (unpaired) electrons. The molecule has 1 amide bonds.